The van der Waals surface area contributed by atoms with Crippen LogP contribution in [0.1, 0.15) is 11.1 Å². The summed E-state index contributed by atoms with van der Waals surface area (Å²) in [6, 6.07) is 17.9. The van der Waals surface area contributed by atoms with Crippen molar-refractivity contribution < 1.29 is 9.53 Å². The van der Waals surface area contributed by atoms with Gasteiger partial charge in [-0.05, 0) is 36.4 Å². The van der Waals surface area contributed by atoms with Gasteiger partial charge in [0.25, 0.3) is 0 Å². The Morgan fingerprint density at radius 2 is 1.80 bits per heavy atom. The summed E-state index contributed by atoms with van der Waals surface area (Å²) in [5, 5.41) is 0. The predicted molar refractivity (Wildman–Crippen MR) is 100 cm³/mol. The average molecular weight is 336 g/mol. The van der Waals surface area contributed by atoms with Crippen molar-refractivity contribution in [1.82, 2.24) is 9.80 Å². The fraction of sp³-hybridized carbons (Fsp3) is 0.286. The number of hydrogen-bond donors (Lipinski definition) is 0. The first-order valence-corrected chi connectivity index (χ1v) is 8.63. The highest BCUT2D eigenvalue weighted by Crippen LogP contribution is 2.16. The number of rotatable bonds is 5. The lowest BCUT2D eigenvalue weighted by Gasteiger charge is -2.31. The van der Waals surface area contributed by atoms with E-state index < -0.39 is 0 Å². The van der Waals surface area contributed by atoms with Gasteiger partial charge in [-0.2, -0.15) is 0 Å². The average Bonchev–Trinajstić information content (AvgIpc) is 2.66. The Hall–Kier alpha value is -2.59. The molecule has 2 aromatic carbocycles. The maximum atomic E-state index is 12.3. The summed E-state index contributed by atoms with van der Waals surface area (Å²) in [4.78, 5) is 16.4. The van der Waals surface area contributed by atoms with Gasteiger partial charge in [0.15, 0.2) is 0 Å². The van der Waals surface area contributed by atoms with Crippen molar-refractivity contribution in [1.29, 1.82) is 0 Å². The van der Waals surface area contributed by atoms with Crippen LogP contribution in [0.5, 0.6) is 5.75 Å². The maximum Gasteiger partial charge on any atom is 0.246 e. The molecule has 3 rings (SSSR count). The Labute approximate surface area is 149 Å². The molecule has 0 atom stereocenters. The molecular formula is C21H24N2O2. The van der Waals surface area contributed by atoms with Crippen LogP contribution >= 0.6 is 0 Å². The van der Waals surface area contributed by atoms with Gasteiger partial charge >= 0.3 is 0 Å². The zero-order chi connectivity index (χ0) is 17.5. The van der Waals surface area contributed by atoms with Gasteiger partial charge in [-0.15, -0.1) is 0 Å². The molecule has 4 nitrogen and oxygen atoms in total. The number of ether oxygens (including phenoxy) is 1. The van der Waals surface area contributed by atoms with E-state index in [1.807, 2.05) is 65.6 Å². The van der Waals surface area contributed by atoms with Crippen molar-refractivity contribution in [2.24, 2.45) is 0 Å². The van der Waals surface area contributed by atoms with Gasteiger partial charge in [0, 0.05) is 32.3 Å². The van der Waals surface area contributed by atoms with Gasteiger partial charge in [-0.1, -0.05) is 42.5 Å². The number of piperazine rings is 1. The van der Waals surface area contributed by atoms with E-state index in [0.29, 0.717) is 6.61 Å². The molecule has 1 aliphatic rings. The SMILES string of the molecule is CN1CCN(C(=O)/C=C/c2cccc(OCc3ccccc3)c2)CC1. The third-order valence-corrected chi connectivity index (χ3v) is 4.34. The monoisotopic (exact) mass is 336 g/mol. The van der Waals surface area contributed by atoms with E-state index in [4.69, 9.17) is 4.74 Å². The molecule has 4 heteroatoms. The summed E-state index contributed by atoms with van der Waals surface area (Å²) in [7, 11) is 2.08. The van der Waals surface area contributed by atoms with Crippen LogP contribution in [-0.4, -0.2) is 48.9 Å². The number of benzene rings is 2. The van der Waals surface area contributed by atoms with Crippen LogP contribution in [0.15, 0.2) is 60.7 Å². The zero-order valence-corrected chi connectivity index (χ0v) is 14.6. The van der Waals surface area contributed by atoms with E-state index in [0.717, 1.165) is 43.1 Å². The Morgan fingerprint density at radius 1 is 1.04 bits per heavy atom. The smallest absolute Gasteiger partial charge is 0.246 e. The van der Waals surface area contributed by atoms with Crippen LogP contribution in [0, 0.1) is 0 Å². The second-order valence-corrected chi connectivity index (χ2v) is 6.31. The molecule has 25 heavy (non-hydrogen) atoms. The summed E-state index contributed by atoms with van der Waals surface area (Å²) in [5.74, 6) is 0.877. The summed E-state index contributed by atoms with van der Waals surface area (Å²) in [5.41, 5.74) is 2.10. The van der Waals surface area contributed by atoms with Crippen LogP contribution in [0.3, 0.4) is 0 Å². The van der Waals surface area contributed by atoms with Crippen molar-refractivity contribution in [3.8, 4) is 5.75 Å². The van der Waals surface area contributed by atoms with Crippen molar-refractivity contribution in [2.45, 2.75) is 6.61 Å². The summed E-state index contributed by atoms with van der Waals surface area (Å²) < 4.78 is 5.83. The third-order valence-electron chi connectivity index (χ3n) is 4.34. The van der Waals surface area contributed by atoms with Gasteiger partial charge in [-0.25, -0.2) is 0 Å². The molecule has 0 spiro atoms. The first kappa shape index (κ1) is 17.2. The minimum absolute atomic E-state index is 0.0729. The highest BCUT2D eigenvalue weighted by Gasteiger charge is 2.16. The number of carbonyl (C=O) groups is 1. The summed E-state index contributed by atoms with van der Waals surface area (Å²) in [6.45, 7) is 3.98. The van der Waals surface area contributed by atoms with Crippen molar-refractivity contribution in [2.75, 3.05) is 33.2 Å². The molecule has 1 heterocycles. The van der Waals surface area contributed by atoms with Crippen molar-refractivity contribution >= 4 is 12.0 Å². The van der Waals surface area contributed by atoms with Gasteiger partial charge in [0.1, 0.15) is 12.4 Å². The van der Waals surface area contributed by atoms with E-state index in [-0.39, 0.29) is 5.91 Å². The Kier molecular flexibility index (Phi) is 5.86. The first-order chi connectivity index (χ1) is 12.2. The second kappa shape index (κ2) is 8.49. The van der Waals surface area contributed by atoms with E-state index in [1.165, 1.54) is 0 Å². The zero-order valence-electron chi connectivity index (χ0n) is 14.6. The molecule has 1 aliphatic heterocycles. The van der Waals surface area contributed by atoms with Gasteiger partial charge in [0.2, 0.25) is 5.91 Å². The molecule has 1 saturated heterocycles. The number of carbonyl (C=O) groups excluding carboxylic acids is 1. The van der Waals surface area contributed by atoms with Crippen LogP contribution < -0.4 is 4.74 Å². The van der Waals surface area contributed by atoms with Crippen molar-refractivity contribution in [3.05, 3.63) is 71.8 Å². The highest BCUT2D eigenvalue weighted by molar-refractivity contribution is 5.91. The normalized spacial score (nSPS) is 15.5. The van der Waals surface area contributed by atoms with Gasteiger partial charge < -0.3 is 14.5 Å². The van der Waals surface area contributed by atoms with Crippen LogP contribution in [0.4, 0.5) is 0 Å². The fourth-order valence-electron chi connectivity index (χ4n) is 2.75. The summed E-state index contributed by atoms with van der Waals surface area (Å²) in [6.07, 6.45) is 3.51. The third kappa shape index (κ3) is 5.19. The first-order valence-electron chi connectivity index (χ1n) is 8.63. The lowest BCUT2D eigenvalue weighted by Crippen LogP contribution is -2.46. The minimum Gasteiger partial charge on any atom is -0.489 e. The largest absolute Gasteiger partial charge is 0.489 e. The van der Waals surface area contributed by atoms with Crippen LogP contribution in [0.2, 0.25) is 0 Å². The fourth-order valence-corrected chi connectivity index (χ4v) is 2.75. The van der Waals surface area contributed by atoms with Crippen molar-refractivity contribution in [3.63, 3.8) is 0 Å². The molecule has 0 radical (unpaired) electrons. The number of amides is 1. The van der Waals surface area contributed by atoms with E-state index in [2.05, 4.69) is 11.9 Å². The standard InChI is InChI=1S/C21H24N2O2/c1-22-12-14-23(15-13-22)21(24)11-10-18-8-5-9-20(16-18)25-17-19-6-3-2-4-7-19/h2-11,16H,12-15,17H2,1H3/b11-10+. The molecule has 0 bridgehead atoms. The number of likely N-dealkylation sites (N-methyl/N-ethyl adjacent to an activating group) is 1. The molecule has 130 valence electrons. The van der Waals surface area contributed by atoms with Crippen LogP contribution in [-0.2, 0) is 11.4 Å². The van der Waals surface area contributed by atoms with E-state index in [9.17, 15) is 4.79 Å². The Morgan fingerprint density at radius 3 is 2.56 bits per heavy atom. The molecule has 0 N–H and O–H groups in total. The maximum absolute atomic E-state index is 12.3. The quantitative estimate of drug-likeness (QED) is 0.787. The molecular weight excluding hydrogens is 312 g/mol. The van der Waals surface area contributed by atoms with E-state index >= 15 is 0 Å². The highest BCUT2D eigenvalue weighted by atomic mass is 16.5. The second-order valence-electron chi connectivity index (χ2n) is 6.31. The number of hydrogen-bond acceptors (Lipinski definition) is 3. The summed E-state index contributed by atoms with van der Waals surface area (Å²) >= 11 is 0. The van der Waals surface area contributed by atoms with Gasteiger partial charge in [0.05, 0.1) is 0 Å². The number of nitrogens with zero attached hydrogens (tertiary/aromatic N) is 2. The van der Waals surface area contributed by atoms with Gasteiger partial charge in [-0.3, -0.25) is 4.79 Å². The van der Waals surface area contributed by atoms with Crippen LogP contribution in [0.25, 0.3) is 6.08 Å². The Balaban J connectivity index is 1.56. The molecule has 0 unspecified atom stereocenters. The Bertz CT molecular complexity index is 720. The molecule has 0 aromatic heterocycles. The molecule has 0 saturated carbocycles. The lowest BCUT2D eigenvalue weighted by molar-refractivity contribution is -0.127. The molecule has 1 amide bonds. The molecule has 0 aliphatic carbocycles. The minimum atomic E-state index is 0.0729. The lowest BCUT2D eigenvalue weighted by atomic mass is 10.2. The topological polar surface area (TPSA) is 32.8 Å². The van der Waals surface area contributed by atoms with E-state index in [1.54, 1.807) is 6.08 Å². The molecule has 2 aromatic rings. The predicted octanol–water partition coefficient (Wildman–Crippen LogP) is 3.05. The molecule has 1 fully saturated rings.